The van der Waals surface area contributed by atoms with Crippen molar-refractivity contribution in [3.8, 4) is 0 Å². The fourth-order valence-corrected chi connectivity index (χ4v) is 2.24. The molecule has 0 aromatic carbocycles. The third kappa shape index (κ3) is 3.99. The van der Waals surface area contributed by atoms with Crippen molar-refractivity contribution in [1.82, 2.24) is 4.90 Å². The van der Waals surface area contributed by atoms with Gasteiger partial charge in [-0.2, -0.15) is 0 Å². The Morgan fingerprint density at radius 3 is 2.38 bits per heavy atom. The van der Waals surface area contributed by atoms with E-state index in [0.717, 1.165) is 12.1 Å². The summed E-state index contributed by atoms with van der Waals surface area (Å²) in [6, 6.07) is 0.689. The monoisotopic (exact) mass is 223 g/mol. The number of Topliss-reactive ketones (excluding diaryl/α,β-unsaturated/α-hetero) is 1. The van der Waals surface area contributed by atoms with Crippen LogP contribution in [0.25, 0.3) is 0 Å². The molecule has 92 valence electrons. The molecular weight excluding hydrogens is 198 g/mol. The maximum Gasteiger partial charge on any atom is 0.130 e. The summed E-state index contributed by atoms with van der Waals surface area (Å²) in [6.45, 7) is 10.3. The summed E-state index contributed by atoms with van der Waals surface area (Å²) in [5.74, 6) is 1.23. The molecule has 1 atom stereocenters. The average molecular weight is 223 g/mol. The second kappa shape index (κ2) is 5.51. The van der Waals surface area contributed by atoms with E-state index in [2.05, 4.69) is 32.4 Å². The van der Waals surface area contributed by atoms with Gasteiger partial charge in [0.1, 0.15) is 5.78 Å². The number of rotatable bonds is 7. The molecule has 2 nitrogen and oxygen atoms in total. The Hall–Kier alpha value is -0.790. The zero-order valence-corrected chi connectivity index (χ0v) is 11.1. The molecular formula is C14H25NO. The maximum atomic E-state index is 11.3. The van der Waals surface area contributed by atoms with Crippen molar-refractivity contribution >= 4 is 5.78 Å². The lowest BCUT2D eigenvalue weighted by atomic mass is 9.90. The molecule has 0 bridgehead atoms. The van der Waals surface area contributed by atoms with Gasteiger partial charge in [0.25, 0.3) is 0 Å². The first-order chi connectivity index (χ1) is 7.41. The number of nitrogens with zero attached hydrogens (tertiary/aromatic N) is 1. The lowest BCUT2D eigenvalue weighted by Crippen LogP contribution is -2.26. The number of hydrogen-bond acceptors (Lipinski definition) is 2. The Kier molecular flexibility index (Phi) is 4.57. The lowest BCUT2D eigenvalue weighted by Gasteiger charge is -2.29. The fourth-order valence-electron chi connectivity index (χ4n) is 2.24. The number of ketones is 1. The van der Waals surface area contributed by atoms with Crippen LogP contribution >= 0.6 is 0 Å². The highest BCUT2D eigenvalue weighted by Crippen LogP contribution is 2.33. The van der Waals surface area contributed by atoms with Gasteiger partial charge in [-0.25, -0.2) is 0 Å². The van der Waals surface area contributed by atoms with E-state index < -0.39 is 0 Å². The van der Waals surface area contributed by atoms with E-state index in [9.17, 15) is 4.79 Å². The van der Waals surface area contributed by atoms with Gasteiger partial charge >= 0.3 is 0 Å². The van der Waals surface area contributed by atoms with Crippen LogP contribution in [0, 0.1) is 11.8 Å². The molecule has 1 aliphatic rings. The lowest BCUT2D eigenvalue weighted by molar-refractivity contribution is -0.117. The van der Waals surface area contributed by atoms with Crippen LogP contribution in [0.2, 0.25) is 0 Å². The van der Waals surface area contributed by atoms with Crippen LogP contribution < -0.4 is 0 Å². The summed E-state index contributed by atoms with van der Waals surface area (Å²) in [4.78, 5) is 13.6. The summed E-state index contributed by atoms with van der Waals surface area (Å²) >= 11 is 0. The summed E-state index contributed by atoms with van der Waals surface area (Å²) in [7, 11) is 2.12. The molecule has 0 aromatic heterocycles. The second-order valence-corrected chi connectivity index (χ2v) is 5.57. The summed E-state index contributed by atoms with van der Waals surface area (Å²) < 4.78 is 0. The van der Waals surface area contributed by atoms with Gasteiger partial charge in [-0.15, -0.1) is 0 Å². The van der Waals surface area contributed by atoms with Crippen molar-refractivity contribution in [2.75, 3.05) is 7.05 Å². The van der Waals surface area contributed by atoms with Crippen LogP contribution in [-0.2, 0) is 4.79 Å². The molecule has 1 rings (SSSR count). The number of allylic oxidation sites excluding steroid dienone is 1. The molecule has 0 saturated heterocycles. The van der Waals surface area contributed by atoms with Crippen molar-refractivity contribution in [2.24, 2.45) is 11.8 Å². The molecule has 1 saturated carbocycles. The first kappa shape index (κ1) is 13.3. The van der Waals surface area contributed by atoms with Crippen molar-refractivity contribution < 1.29 is 4.79 Å². The van der Waals surface area contributed by atoms with Gasteiger partial charge in [0, 0.05) is 31.1 Å². The molecule has 0 radical (unpaired) electrons. The zero-order valence-electron chi connectivity index (χ0n) is 11.1. The average Bonchev–Trinajstić information content (AvgIpc) is 2.96. The highest BCUT2D eigenvalue weighted by molar-refractivity contribution is 5.76. The van der Waals surface area contributed by atoms with Gasteiger partial charge in [0.05, 0.1) is 0 Å². The quantitative estimate of drug-likeness (QED) is 0.660. The van der Waals surface area contributed by atoms with Gasteiger partial charge in [-0.3, -0.25) is 0 Å². The van der Waals surface area contributed by atoms with Crippen molar-refractivity contribution in [2.45, 2.75) is 52.5 Å². The fraction of sp³-hybridized carbons (Fsp3) is 0.786. The molecule has 16 heavy (non-hydrogen) atoms. The molecule has 0 heterocycles. The number of hydrogen-bond donors (Lipinski definition) is 0. The molecule has 2 heteroatoms. The molecule has 0 N–H and O–H groups in total. The van der Waals surface area contributed by atoms with E-state index in [0.29, 0.717) is 24.3 Å². The summed E-state index contributed by atoms with van der Waals surface area (Å²) in [6.07, 6.45) is 4.28. The van der Waals surface area contributed by atoms with Gasteiger partial charge in [0.2, 0.25) is 0 Å². The number of carbonyl (C=O) groups excluding carboxylic acids is 1. The molecule has 0 spiro atoms. The van der Waals surface area contributed by atoms with Crippen LogP contribution in [0.1, 0.15) is 46.5 Å². The topological polar surface area (TPSA) is 20.3 Å². The molecule has 1 aliphatic carbocycles. The summed E-state index contributed by atoms with van der Waals surface area (Å²) in [5.41, 5.74) is 1.16. The van der Waals surface area contributed by atoms with E-state index in [1.54, 1.807) is 6.92 Å². The number of carbonyl (C=O) groups is 1. The predicted octanol–water partition coefficient (Wildman–Crippen LogP) is 3.24. The Bertz CT molecular complexity index is 266. The van der Waals surface area contributed by atoms with Crippen molar-refractivity contribution in [1.29, 1.82) is 0 Å². The SMILES string of the molecule is C=C(C(CC(C)=O)CC(C)C)N(C)C1CC1. The standard InChI is InChI=1S/C14H25NO/c1-10(2)8-13(9-11(3)16)12(4)15(5)14-6-7-14/h10,13-14H,4,6-9H2,1-3,5H3. The molecule has 1 fully saturated rings. The van der Waals surface area contributed by atoms with Crippen LogP contribution in [-0.4, -0.2) is 23.8 Å². The maximum absolute atomic E-state index is 11.3. The minimum atomic E-state index is 0.274. The van der Waals surface area contributed by atoms with E-state index in [1.165, 1.54) is 12.8 Å². The van der Waals surface area contributed by atoms with Gasteiger partial charge < -0.3 is 9.69 Å². The van der Waals surface area contributed by atoms with Gasteiger partial charge in [-0.05, 0) is 32.1 Å². The Morgan fingerprint density at radius 2 is 2.00 bits per heavy atom. The van der Waals surface area contributed by atoms with Crippen LogP contribution in [0.3, 0.4) is 0 Å². The predicted molar refractivity (Wildman–Crippen MR) is 68.2 cm³/mol. The van der Waals surface area contributed by atoms with Crippen LogP contribution in [0.4, 0.5) is 0 Å². The highest BCUT2D eigenvalue weighted by atomic mass is 16.1. The Labute approximate surface area is 99.7 Å². The van der Waals surface area contributed by atoms with E-state index in [-0.39, 0.29) is 5.78 Å². The van der Waals surface area contributed by atoms with E-state index in [1.807, 2.05) is 0 Å². The normalized spacial score (nSPS) is 17.3. The smallest absolute Gasteiger partial charge is 0.130 e. The van der Waals surface area contributed by atoms with Crippen molar-refractivity contribution in [3.05, 3.63) is 12.3 Å². The van der Waals surface area contributed by atoms with Gasteiger partial charge in [0.15, 0.2) is 0 Å². The van der Waals surface area contributed by atoms with Crippen LogP contribution in [0.15, 0.2) is 12.3 Å². The van der Waals surface area contributed by atoms with E-state index >= 15 is 0 Å². The Morgan fingerprint density at radius 1 is 1.44 bits per heavy atom. The molecule has 1 unspecified atom stereocenters. The minimum absolute atomic E-state index is 0.274. The first-order valence-corrected chi connectivity index (χ1v) is 6.32. The highest BCUT2D eigenvalue weighted by Gasteiger charge is 2.30. The van der Waals surface area contributed by atoms with Crippen LogP contribution in [0.5, 0.6) is 0 Å². The third-order valence-electron chi connectivity index (χ3n) is 3.31. The van der Waals surface area contributed by atoms with Crippen molar-refractivity contribution in [3.63, 3.8) is 0 Å². The van der Waals surface area contributed by atoms with E-state index in [4.69, 9.17) is 0 Å². The van der Waals surface area contributed by atoms with Gasteiger partial charge in [-0.1, -0.05) is 20.4 Å². The zero-order chi connectivity index (χ0) is 12.3. The molecule has 0 amide bonds. The minimum Gasteiger partial charge on any atom is -0.375 e. The largest absolute Gasteiger partial charge is 0.375 e. The third-order valence-corrected chi connectivity index (χ3v) is 3.31. The first-order valence-electron chi connectivity index (χ1n) is 6.32. The molecule has 0 aromatic rings. The summed E-state index contributed by atoms with van der Waals surface area (Å²) in [5, 5.41) is 0. The molecule has 0 aliphatic heterocycles. The Balaban J connectivity index is 2.58. The second-order valence-electron chi connectivity index (χ2n) is 5.57.